The Morgan fingerprint density at radius 1 is 1.29 bits per heavy atom. The molecule has 21 heavy (non-hydrogen) atoms. The van der Waals surface area contributed by atoms with Gasteiger partial charge < -0.3 is 9.63 Å². The van der Waals surface area contributed by atoms with Crippen LogP contribution in [-0.2, 0) is 24.2 Å². The number of hydrogen-bond acceptors (Lipinski definition) is 6. The standard InChI is InChI=1S/C13H16N4O4/c1-7-10(6-12(18)19)8(2)17(13(20)14-7)5-4-11-15-9(3)16-21-11/h4-6H2,1-3H3,(H,18,19). The summed E-state index contributed by atoms with van der Waals surface area (Å²) in [5, 5.41) is 12.6. The molecule has 0 amide bonds. The van der Waals surface area contributed by atoms with Gasteiger partial charge in [0.2, 0.25) is 5.89 Å². The fourth-order valence-corrected chi connectivity index (χ4v) is 2.16. The normalized spacial score (nSPS) is 10.8. The summed E-state index contributed by atoms with van der Waals surface area (Å²) in [4.78, 5) is 30.8. The first-order valence-electron chi connectivity index (χ1n) is 6.46. The van der Waals surface area contributed by atoms with Crippen molar-refractivity contribution in [3.63, 3.8) is 0 Å². The number of aliphatic carboxylic acids is 1. The van der Waals surface area contributed by atoms with E-state index in [2.05, 4.69) is 15.1 Å². The number of carbonyl (C=O) groups is 1. The third-order valence-electron chi connectivity index (χ3n) is 3.22. The van der Waals surface area contributed by atoms with Crippen LogP contribution in [0.15, 0.2) is 9.32 Å². The Morgan fingerprint density at radius 2 is 2.00 bits per heavy atom. The van der Waals surface area contributed by atoms with E-state index in [-0.39, 0.29) is 6.42 Å². The van der Waals surface area contributed by atoms with Gasteiger partial charge in [-0.15, -0.1) is 0 Å². The highest BCUT2D eigenvalue weighted by Gasteiger charge is 2.15. The first-order chi connectivity index (χ1) is 9.88. The van der Waals surface area contributed by atoms with Gasteiger partial charge in [-0.2, -0.15) is 9.97 Å². The van der Waals surface area contributed by atoms with Crippen LogP contribution in [0, 0.1) is 20.8 Å². The Balaban J connectivity index is 2.30. The van der Waals surface area contributed by atoms with E-state index in [1.165, 1.54) is 4.57 Å². The number of hydrogen-bond donors (Lipinski definition) is 1. The molecule has 0 radical (unpaired) electrons. The molecule has 0 aromatic carbocycles. The lowest BCUT2D eigenvalue weighted by atomic mass is 10.1. The minimum absolute atomic E-state index is 0.162. The molecule has 8 nitrogen and oxygen atoms in total. The summed E-state index contributed by atoms with van der Waals surface area (Å²) in [7, 11) is 0. The Bertz CT molecular complexity index is 732. The molecule has 8 heteroatoms. The van der Waals surface area contributed by atoms with Gasteiger partial charge in [-0.3, -0.25) is 9.36 Å². The molecule has 2 aromatic heterocycles. The van der Waals surface area contributed by atoms with Crippen LogP contribution >= 0.6 is 0 Å². The van der Waals surface area contributed by atoms with E-state index in [4.69, 9.17) is 9.63 Å². The van der Waals surface area contributed by atoms with E-state index < -0.39 is 11.7 Å². The van der Waals surface area contributed by atoms with Crippen LogP contribution in [0.5, 0.6) is 0 Å². The Morgan fingerprint density at radius 3 is 2.57 bits per heavy atom. The zero-order chi connectivity index (χ0) is 15.6. The lowest BCUT2D eigenvalue weighted by Gasteiger charge is -2.13. The van der Waals surface area contributed by atoms with Crippen LogP contribution in [0.1, 0.15) is 28.7 Å². The zero-order valence-corrected chi connectivity index (χ0v) is 12.1. The van der Waals surface area contributed by atoms with Crippen molar-refractivity contribution in [1.82, 2.24) is 19.7 Å². The number of carboxylic acid groups (broad SMARTS) is 1. The van der Waals surface area contributed by atoms with Crippen LogP contribution in [0.4, 0.5) is 0 Å². The summed E-state index contributed by atoms with van der Waals surface area (Å²) < 4.78 is 6.43. The molecule has 0 atom stereocenters. The summed E-state index contributed by atoms with van der Waals surface area (Å²) >= 11 is 0. The van der Waals surface area contributed by atoms with Gasteiger partial charge in [-0.25, -0.2) is 4.79 Å². The third-order valence-corrected chi connectivity index (χ3v) is 3.22. The minimum atomic E-state index is -0.958. The summed E-state index contributed by atoms with van der Waals surface area (Å²) in [5.41, 5.74) is 1.20. The molecule has 0 saturated carbocycles. The number of rotatable bonds is 5. The molecule has 2 heterocycles. The second-order valence-electron chi connectivity index (χ2n) is 4.75. The number of aromatic nitrogens is 4. The van der Waals surface area contributed by atoms with E-state index in [0.29, 0.717) is 41.6 Å². The quantitative estimate of drug-likeness (QED) is 0.850. The molecule has 0 aliphatic carbocycles. The fourth-order valence-electron chi connectivity index (χ4n) is 2.16. The first-order valence-corrected chi connectivity index (χ1v) is 6.46. The molecular weight excluding hydrogens is 276 g/mol. The first kappa shape index (κ1) is 14.9. The van der Waals surface area contributed by atoms with Crippen molar-refractivity contribution in [2.45, 2.75) is 40.2 Å². The molecule has 0 spiro atoms. The highest BCUT2D eigenvalue weighted by Crippen LogP contribution is 2.11. The van der Waals surface area contributed by atoms with Gasteiger partial charge in [0.1, 0.15) is 0 Å². The predicted molar refractivity (Wildman–Crippen MR) is 72.0 cm³/mol. The maximum atomic E-state index is 12.0. The molecule has 0 aliphatic heterocycles. The van der Waals surface area contributed by atoms with Crippen LogP contribution in [0.3, 0.4) is 0 Å². The van der Waals surface area contributed by atoms with Crippen molar-refractivity contribution in [3.8, 4) is 0 Å². The van der Waals surface area contributed by atoms with Gasteiger partial charge in [-0.1, -0.05) is 5.16 Å². The summed E-state index contributed by atoms with van der Waals surface area (Å²) in [6.45, 7) is 5.38. The predicted octanol–water partition coefficient (Wildman–Crippen LogP) is 0.421. The number of carboxylic acids is 1. The average molecular weight is 292 g/mol. The van der Waals surface area contributed by atoms with Crippen molar-refractivity contribution in [2.24, 2.45) is 0 Å². The van der Waals surface area contributed by atoms with Gasteiger partial charge in [0, 0.05) is 29.9 Å². The van der Waals surface area contributed by atoms with Crippen LogP contribution < -0.4 is 5.69 Å². The van der Waals surface area contributed by atoms with E-state index in [9.17, 15) is 9.59 Å². The van der Waals surface area contributed by atoms with Crippen molar-refractivity contribution in [2.75, 3.05) is 0 Å². The molecule has 2 aromatic rings. The molecule has 2 rings (SSSR count). The van der Waals surface area contributed by atoms with Gasteiger partial charge >= 0.3 is 11.7 Å². The summed E-state index contributed by atoms with van der Waals surface area (Å²) in [5.74, 6) is 0.00236. The van der Waals surface area contributed by atoms with E-state index in [0.717, 1.165) is 0 Å². The fraction of sp³-hybridized carbons (Fsp3) is 0.462. The zero-order valence-electron chi connectivity index (χ0n) is 12.1. The van der Waals surface area contributed by atoms with E-state index >= 15 is 0 Å². The average Bonchev–Trinajstić information content (AvgIpc) is 2.80. The molecule has 0 unspecified atom stereocenters. The van der Waals surface area contributed by atoms with Gasteiger partial charge in [-0.05, 0) is 20.8 Å². The SMILES string of the molecule is Cc1noc(CCn2c(C)c(CC(=O)O)c(C)nc2=O)n1. The highest BCUT2D eigenvalue weighted by atomic mass is 16.5. The molecule has 1 N–H and O–H groups in total. The molecule has 0 saturated heterocycles. The van der Waals surface area contributed by atoms with Crippen molar-refractivity contribution in [3.05, 3.63) is 39.2 Å². The van der Waals surface area contributed by atoms with E-state index in [1.807, 2.05) is 0 Å². The van der Waals surface area contributed by atoms with Gasteiger partial charge in [0.05, 0.1) is 6.42 Å². The molecule has 0 bridgehead atoms. The summed E-state index contributed by atoms with van der Waals surface area (Å²) in [6.07, 6.45) is 0.226. The number of aryl methyl sites for hydroxylation is 3. The van der Waals surface area contributed by atoms with Crippen LogP contribution in [0.25, 0.3) is 0 Å². The molecular formula is C13H16N4O4. The summed E-state index contributed by atoms with van der Waals surface area (Å²) in [6, 6.07) is 0. The van der Waals surface area contributed by atoms with Crippen LogP contribution in [0.2, 0.25) is 0 Å². The lowest BCUT2D eigenvalue weighted by Crippen LogP contribution is -2.29. The van der Waals surface area contributed by atoms with Crippen molar-refractivity contribution in [1.29, 1.82) is 0 Å². The number of nitrogens with zero attached hydrogens (tertiary/aromatic N) is 4. The maximum absolute atomic E-state index is 12.0. The largest absolute Gasteiger partial charge is 0.481 e. The van der Waals surface area contributed by atoms with E-state index in [1.54, 1.807) is 20.8 Å². The monoisotopic (exact) mass is 292 g/mol. The Hall–Kier alpha value is -2.51. The highest BCUT2D eigenvalue weighted by molar-refractivity contribution is 5.70. The smallest absolute Gasteiger partial charge is 0.347 e. The second kappa shape index (κ2) is 5.86. The van der Waals surface area contributed by atoms with Crippen molar-refractivity contribution >= 4 is 5.97 Å². The van der Waals surface area contributed by atoms with Gasteiger partial charge in [0.25, 0.3) is 0 Å². The molecule has 0 fully saturated rings. The Kier molecular flexibility index (Phi) is 4.15. The van der Waals surface area contributed by atoms with Crippen LogP contribution in [-0.4, -0.2) is 30.8 Å². The third kappa shape index (κ3) is 3.33. The van der Waals surface area contributed by atoms with Gasteiger partial charge in [0.15, 0.2) is 5.82 Å². The Labute approximate surface area is 120 Å². The molecule has 112 valence electrons. The maximum Gasteiger partial charge on any atom is 0.347 e. The van der Waals surface area contributed by atoms with Crippen molar-refractivity contribution < 1.29 is 14.4 Å². The minimum Gasteiger partial charge on any atom is -0.481 e. The molecule has 0 aliphatic rings. The second-order valence-corrected chi connectivity index (χ2v) is 4.75. The topological polar surface area (TPSA) is 111 Å². The lowest BCUT2D eigenvalue weighted by molar-refractivity contribution is -0.136.